The Bertz CT molecular complexity index is 1040. The van der Waals surface area contributed by atoms with E-state index >= 15 is 0 Å². The number of aromatic nitrogens is 3. The molecule has 4 nitrogen and oxygen atoms in total. The van der Waals surface area contributed by atoms with Crippen molar-refractivity contribution in [3.05, 3.63) is 83.8 Å². The lowest BCUT2D eigenvalue weighted by atomic mass is 10.0. The van der Waals surface area contributed by atoms with E-state index in [2.05, 4.69) is 36.2 Å². The topological polar surface area (TPSA) is 64.7 Å². The number of benzene rings is 2. The van der Waals surface area contributed by atoms with E-state index < -0.39 is 0 Å². The Morgan fingerprint density at radius 3 is 2.64 bits per heavy atom. The summed E-state index contributed by atoms with van der Waals surface area (Å²) in [7, 11) is 0. The molecule has 0 spiro atoms. The van der Waals surface area contributed by atoms with Gasteiger partial charge in [0, 0.05) is 35.5 Å². The normalized spacial score (nSPS) is 10.9. The molecule has 122 valence electrons. The second-order valence-electron chi connectivity index (χ2n) is 6.14. The molecule has 0 fully saturated rings. The third-order valence-corrected chi connectivity index (χ3v) is 4.20. The quantitative estimate of drug-likeness (QED) is 0.574. The summed E-state index contributed by atoms with van der Waals surface area (Å²) in [4.78, 5) is 13.7. The molecule has 0 radical (unpaired) electrons. The molecular formula is C21H18N4. The van der Waals surface area contributed by atoms with Gasteiger partial charge in [-0.15, -0.1) is 0 Å². The van der Waals surface area contributed by atoms with Crippen molar-refractivity contribution in [1.82, 2.24) is 15.0 Å². The van der Waals surface area contributed by atoms with Crippen LogP contribution in [0.1, 0.15) is 16.8 Å². The second-order valence-corrected chi connectivity index (χ2v) is 6.14. The molecular weight excluding hydrogens is 308 g/mol. The lowest BCUT2D eigenvalue weighted by molar-refractivity contribution is 1.06. The van der Waals surface area contributed by atoms with Crippen molar-refractivity contribution in [2.45, 2.75) is 13.3 Å². The Hall–Kier alpha value is -3.27. The highest BCUT2D eigenvalue weighted by Crippen LogP contribution is 2.27. The van der Waals surface area contributed by atoms with Gasteiger partial charge < -0.3 is 5.73 Å². The maximum Gasteiger partial charge on any atom is 0.161 e. The van der Waals surface area contributed by atoms with E-state index in [0.29, 0.717) is 17.9 Å². The summed E-state index contributed by atoms with van der Waals surface area (Å²) < 4.78 is 0. The highest BCUT2D eigenvalue weighted by molar-refractivity contribution is 5.93. The summed E-state index contributed by atoms with van der Waals surface area (Å²) in [5.74, 6) is 0.675. The molecule has 0 aliphatic carbocycles. The minimum absolute atomic E-state index is 0.675. The average Bonchev–Trinajstić information content (AvgIpc) is 2.62. The van der Waals surface area contributed by atoms with Crippen LogP contribution in [0.5, 0.6) is 0 Å². The number of hydrogen-bond acceptors (Lipinski definition) is 4. The average molecular weight is 326 g/mol. The van der Waals surface area contributed by atoms with Crippen LogP contribution in [-0.4, -0.2) is 15.0 Å². The molecule has 2 heterocycles. The van der Waals surface area contributed by atoms with Crippen LogP contribution in [0.4, 0.5) is 5.69 Å². The number of pyridine rings is 1. The minimum atomic E-state index is 0.675. The molecule has 0 saturated carbocycles. The lowest BCUT2D eigenvalue weighted by Crippen LogP contribution is -2.02. The molecule has 0 bridgehead atoms. The molecule has 0 atom stereocenters. The maximum absolute atomic E-state index is 6.24. The smallest absolute Gasteiger partial charge is 0.161 e. The van der Waals surface area contributed by atoms with Crippen LogP contribution in [0.15, 0.2) is 67.0 Å². The van der Waals surface area contributed by atoms with Gasteiger partial charge in [0.15, 0.2) is 5.82 Å². The monoisotopic (exact) mass is 326 g/mol. The summed E-state index contributed by atoms with van der Waals surface area (Å²) in [6.45, 7) is 2.09. The molecule has 0 aliphatic rings. The van der Waals surface area contributed by atoms with Crippen LogP contribution in [0.2, 0.25) is 0 Å². The van der Waals surface area contributed by atoms with Crippen LogP contribution in [-0.2, 0) is 6.42 Å². The van der Waals surface area contributed by atoms with E-state index in [1.807, 2.05) is 30.3 Å². The summed E-state index contributed by atoms with van der Waals surface area (Å²) in [6, 6.07) is 18.1. The third-order valence-electron chi connectivity index (χ3n) is 4.20. The van der Waals surface area contributed by atoms with E-state index in [0.717, 1.165) is 22.2 Å². The Balaban J connectivity index is 1.91. The fourth-order valence-electron chi connectivity index (χ4n) is 3.06. The number of aryl methyl sites for hydroxylation is 1. The minimum Gasteiger partial charge on any atom is -0.398 e. The zero-order chi connectivity index (χ0) is 17.2. The Morgan fingerprint density at radius 1 is 0.960 bits per heavy atom. The zero-order valence-electron chi connectivity index (χ0n) is 14.0. The van der Waals surface area contributed by atoms with Crippen molar-refractivity contribution in [3.63, 3.8) is 0 Å². The van der Waals surface area contributed by atoms with Gasteiger partial charge in [0.25, 0.3) is 0 Å². The van der Waals surface area contributed by atoms with Gasteiger partial charge in [-0.1, -0.05) is 35.9 Å². The van der Waals surface area contributed by atoms with Gasteiger partial charge in [-0.3, -0.25) is 4.98 Å². The summed E-state index contributed by atoms with van der Waals surface area (Å²) >= 11 is 0. The Morgan fingerprint density at radius 2 is 1.84 bits per heavy atom. The van der Waals surface area contributed by atoms with Crippen LogP contribution >= 0.6 is 0 Å². The molecule has 0 unspecified atom stereocenters. The number of nitrogen functional groups attached to an aromatic ring is 1. The molecule has 2 aromatic carbocycles. The predicted molar refractivity (Wildman–Crippen MR) is 101 cm³/mol. The standard InChI is InChI=1S/C21H18N4/c1-14-5-2-6-15(11-14)12-19-20-17(22)8-3-9-18(20)24-21(25-19)16-7-4-10-23-13-16/h2-11,13H,12,22H2,1H3. The number of nitrogens with zero attached hydrogens (tertiary/aromatic N) is 3. The van der Waals surface area contributed by atoms with Gasteiger partial charge in [0.1, 0.15) is 0 Å². The predicted octanol–water partition coefficient (Wildman–Crippen LogP) is 4.17. The van der Waals surface area contributed by atoms with Crippen molar-refractivity contribution in [2.75, 3.05) is 5.73 Å². The first-order chi connectivity index (χ1) is 12.2. The molecule has 4 rings (SSSR count). The fourth-order valence-corrected chi connectivity index (χ4v) is 3.06. The zero-order valence-corrected chi connectivity index (χ0v) is 14.0. The first kappa shape index (κ1) is 15.3. The van der Waals surface area contributed by atoms with Crippen LogP contribution in [0, 0.1) is 6.92 Å². The van der Waals surface area contributed by atoms with E-state index in [9.17, 15) is 0 Å². The molecule has 4 heteroatoms. The molecule has 2 N–H and O–H groups in total. The number of fused-ring (bicyclic) bond motifs is 1. The lowest BCUT2D eigenvalue weighted by Gasteiger charge is -2.11. The number of rotatable bonds is 3. The van der Waals surface area contributed by atoms with Crippen LogP contribution in [0.25, 0.3) is 22.3 Å². The largest absolute Gasteiger partial charge is 0.398 e. The van der Waals surface area contributed by atoms with Gasteiger partial charge in [-0.25, -0.2) is 9.97 Å². The highest BCUT2D eigenvalue weighted by atomic mass is 14.9. The van der Waals surface area contributed by atoms with Gasteiger partial charge in [0.05, 0.1) is 11.2 Å². The SMILES string of the molecule is Cc1cccc(Cc2nc(-c3cccnc3)nc3cccc(N)c23)c1. The van der Waals surface area contributed by atoms with Crippen molar-refractivity contribution < 1.29 is 0 Å². The van der Waals surface area contributed by atoms with Crippen molar-refractivity contribution in [2.24, 2.45) is 0 Å². The van der Waals surface area contributed by atoms with E-state index in [1.54, 1.807) is 12.4 Å². The second kappa shape index (κ2) is 6.32. The van der Waals surface area contributed by atoms with Gasteiger partial charge >= 0.3 is 0 Å². The van der Waals surface area contributed by atoms with Gasteiger partial charge in [-0.05, 0) is 36.8 Å². The summed E-state index contributed by atoms with van der Waals surface area (Å²) in [5, 5.41) is 0.927. The third kappa shape index (κ3) is 3.06. The van der Waals surface area contributed by atoms with Gasteiger partial charge in [0.2, 0.25) is 0 Å². The van der Waals surface area contributed by atoms with E-state index in [-0.39, 0.29) is 0 Å². The summed E-state index contributed by atoms with van der Waals surface area (Å²) in [5.41, 5.74) is 12.1. The fraction of sp³-hybridized carbons (Fsp3) is 0.0952. The number of hydrogen-bond donors (Lipinski definition) is 1. The van der Waals surface area contributed by atoms with Gasteiger partial charge in [-0.2, -0.15) is 0 Å². The molecule has 0 saturated heterocycles. The molecule has 0 amide bonds. The summed E-state index contributed by atoms with van der Waals surface area (Å²) in [6.07, 6.45) is 4.24. The highest BCUT2D eigenvalue weighted by Gasteiger charge is 2.12. The maximum atomic E-state index is 6.24. The van der Waals surface area contributed by atoms with Crippen molar-refractivity contribution in [3.8, 4) is 11.4 Å². The molecule has 25 heavy (non-hydrogen) atoms. The van der Waals surface area contributed by atoms with Crippen LogP contribution < -0.4 is 5.73 Å². The molecule has 2 aromatic heterocycles. The first-order valence-corrected chi connectivity index (χ1v) is 8.22. The van der Waals surface area contributed by atoms with Crippen LogP contribution in [0.3, 0.4) is 0 Å². The van der Waals surface area contributed by atoms with Crippen molar-refractivity contribution >= 4 is 16.6 Å². The molecule has 4 aromatic rings. The van der Waals surface area contributed by atoms with E-state index in [1.165, 1.54) is 11.1 Å². The Labute approximate surface area is 146 Å². The first-order valence-electron chi connectivity index (χ1n) is 8.22. The molecule has 0 aliphatic heterocycles. The Kier molecular flexibility index (Phi) is 3.86. The van der Waals surface area contributed by atoms with Crippen molar-refractivity contribution in [1.29, 1.82) is 0 Å². The van der Waals surface area contributed by atoms with E-state index in [4.69, 9.17) is 15.7 Å². The number of nitrogens with two attached hydrogens (primary N) is 1. The number of anilines is 1.